The Morgan fingerprint density at radius 3 is 2.95 bits per heavy atom. The Labute approximate surface area is 135 Å². The van der Waals surface area contributed by atoms with Crippen molar-refractivity contribution in [1.82, 2.24) is 0 Å². The molecule has 3 nitrogen and oxygen atoms in total. The van der Waals surface area contributed by atoms with Gasteiger partial charge in [-0.3, -0.25) is 0 Å². The van der Waals surface area contributed by atoms with Crippen LogP contribution in [0.15, 0.2) is 18.2 Å². The third-order valence-electron chi connectivity index (χ3n) is 4.43. The number of rotatable bonds is 3. The lowest BCUT2D eigenvalue weighted by Crippen LogP contribution is -2.46. The molecule has 1 atom stereocenters. The molecule has 0 bridgehead atoms. The van der Waals surface area contributed by atoms with Crippen LogP contribution >= 0.6 is 23.4 Å². The van der Waals surface area contributed by atoms with Crippen LogP contribution in [0.4, 0.5) is 5.69 Å². The number of methoxy groups -OCH3 is 1. The van der Waals surface area contributed by atoms with Gasteiger partial charge in [0.25, 0.3) is 0 Å². The minimum atomic E-state index is 0.0898. The smallest absolute Gasteiger partial charge is 0.121 e. The van der Waals surface area contributed by atoms with Gasteiger partial charge in [-0.25, -0.2) is 0 Å². The maximum absolute atomic E-state index is 6.30. The molecular weight excluding hydrogens is 306 g/mol. The van der Waals surface area contributed by atoms with Crippen LogP contribution in [-0.4, -0.2) is 36.9 Å². The Morgan fingerprint density at radius 2 is 2.19 bits per heavy atom. The summed E-state index contributed by atoms with van der Waals surface area (Å²) in [6.45, 7) is 0.837. The van der Waals surface area contributed by atoms with Gasteiger partial charge >= 0.3 is 0 Å². The highest BCUT2D eigenvalue weighted by atomic mass is 35.5. The normalized spacial score (nSPS) is 24.8. The number of thioether (sulfide) groups is 1. The summed E-state index contributed by atoms with van der Waals surface area (Å²) in [6.07, 6.45) is 4.44. The van der Waals surface area contributed by atoms with E-state index in [-0.39, 0.29) is 5.60 Å². The van der Waals surface area contributed by atoms with Crippen molar-refractivity contribution in [3.8, 4) is 5.75 Å². The van der Waals surface area contributed by atoms with Crippen molar-refractivity contribution < 1.29 is 9.47 Å². The number of benzene rings is 1. The lowest BCUT2D eigenvalue weighted by atomic mass is 9.85. The number of hydrogen-bond donors (Lipinski definition) is 1. The van der Waals surface area contributed by atoms with Gasteiger partial charge in [-0.15, -0.1) is 0 Å². The average molecular weight is 328 g/mol. The lowest BCUT2D eigenvalue weighted by molar-refractivity contribution is -0.0865. The first-order chi connectivity index (χ1) is 10.2. The van der Waals surface area contributed by atoms with Gasteiger partial charge in [0.15, 0.2) is 0 Å². The second-order valence-corrected chi connectivity index (χ2v) is 7.46. The van der Waals surface area contributed by atoms with Gasteiger partial charge in [0, 0.05) is 18.7 Å². The van der Waals surface area contributed by atoms with E-state index >= 15 is 0 Å². The SMILES string of the molecule is COc1ccc(Cl)c(NC2CCOC3(CCSCC3)C2)c1. The minimum Gasteiger partial charge on any atom is -0.497 e. The van der Waals surface area contributed by atoms with Crippen molar-refractivity contribution in [2.24, 2.45) is 0 Å². The van der Waals surface area contributed by atoms with E-state index in [2.05, 4.69) is 5.32 Å². The van der Waals surface area contributed by atoms with E-state index in [4.69, 9.17) is 21.1 Å². The maximum atomic E-state index is 6.30. The van der Waals surface area contributed by atoms with Crippen LogP contribution in [-0.2, 0) is 4.74 Å². The molecule has 2 aliphatic rings. The molecule has 0 aromatic heterocycles. The molecule has 5 heteroatoms. The zero-order chi connectivity index (χ0) is 14.7. The van der Waals surface area contributed by atoms with Gasteiger partial charge < -0.3 is 14.8 Å². The molecule has 1 aromatic carbocycles. The molecule has 0 radical (unpaired) electrons. The third-order valence-corrected chi connectivity index (χ3v) is 5.75. The summed E-state index contributed by atoms with van der Waals surface area (Å²) in [7, 11) is 1.68. The number of anilines is 1. The monoisotopic (exact) mass is 327 g/mol. The molecule has 0 saturated carbocycles. The lowest BCUT2D eigenvalue weighted by Gasteiger charge is -2.43. The first-order valence-electron chi connectivity index (χ1n) is 7.53. The molecule has 1 unspecified atom stereocenters. The van der Waals surface area contributed by atoms with Gasteiger partial charge in [0.05, 0.1) is 23.4 Å². The van der Waals surface area contributed by atoms with Crippen molar-refractivity contribution in [3.63, 3.8) is 0 Å². The van der Waals surface area contributed by atoms with Crippen LogP contribution in [0.5, 0.6) is 5.75 Å². The van der Waals surface area contributed by atoms with E-state index in [1.54, 1.807) is 7.11 Å². The molecule has 0 aliphatic carbocycles. The maximum Gasteiger partial charge on any atom is 0.121 e. The van der Waals surface area contributed by atoms with Gasteiger partial charge in [0.1, 0.15) is 5.75 Å². The number of nitrogens with one attached hydrogen (secondary N) is 1. The zero-order valence-corrected chi connectivity index (χ0v) is 13.9. The van der Waals surface area contributed by atoms with Crippen molar-refractivity contribution in [3.05, 3.63) is 23.2 Å². The fourth-order valence-electron chi connectivity index (χ4n) is 3.20. The van der Waals surface area contributed by atoms with E-state index in [0.29, 0.717) is 6.04 Å². The molecule has 1 spiro atoms. The predicted octanol–water partition coefficient (Wildman–Crippen LogP) is 4.21. The summed E-state index contributed by atoms with van der Waals surface area (Å²) in [5, 5.41) is 4.34. The van der Waals surface area contributed by atoms with Crippen LogP contribution in [0.2, 0.25) is 5.02 Å². The Hall–Kier alpha value is -0.580. The summed E-state index contributed by atoms with van der Waals surface area (Å²) >= 11 is 8.33. The Balaban J connectivity index is 1.69. The van der Waals surface area contributed by atoms with Crippen LogP contribution in [0, 0.1) is 0 Å². The third kappa shape index (κ3) is 3.61. The Kier molecular flexibility index (Phi) is 4.87. The summed E-state index contributed by atoms with van der Waals surface area (Å²) in [6, 6.07) is 6.17. The Bertz CT molecular complexity index is 486. The summed E-state index contributed by atoms with van der Waals surface area (Å²) < 4.78 is 11.4. The zero-order valence-electron chi connectivity index (χ0n) is 12.4. The van der Waals surface area contributed by atoms with Crippen LogP contribution in [0.25, 0.3) is 0 Å². The fourth-order valence-corrected chi connectivity index (χ4v) is 4.61. The second kappa shape index (κ2) is 6.67. The molecule has 116 valence electrons. The number of hydrogen-bond acceptors (Lipinski definition) is 4. The summed E-state index contributed by atoms with van der Waals surface area (Å²) in [5.74, 6) is 3.26. The van der Waals surface area contributed by atoms with Crippen LogP contribution in [0.1, 0.15) is 25.7 Å². The fraction of sp³-hybridized carbons (Fsp3) is 0.625. The van der Waals surface area contributed by atoms with Crippen molar-refractivity contribution in [2.75, 3.05) is 30.5 Å². The van der Waals surface area contributed by atoms with Crippen molar-refractivity contribution >= 4 is 29.1 Å². The molecule has 21 heavy (non-hydrogen) atoms. The molecule has 2 saturated heterocycles. The standard InChI is InChI=1S/C16H22ClNO2S/c1-19-13-2-3-14(17)15(10-13)18-12-4-7-20-16(11-12)5-8-21-9-6-16/h2-3,10,12,18H,4-9,11H2,1H3. The Morgan fingerprint density at radius 1 is 1.38 bits per heavy atom. The summed E-state index contributed by atoms with van der Waals surface area (Å²) in [5.41, 5.74) is 1.05. The summed E-state index contributed by atoms with van der Waals surface area (Å²) in [4.78, 5) is 0. The predicted molar refractivity (Wildman–Crippen MR) is 89.9 cm³/mol. The van der Waals surface area contributed by atoms with Gasteiger partial charge in [-0.05, 0) is 49.3 Å². The highest BCUT2D eigenvalue weighted by Gasteiger charge is 2.38. The topological polar surface area (TPSA) is 30.5 Å². The number of halogens is 1. The van der Waals surface area contributed by atoms with E-state index in [1.807, 2.05) is 30.0 Å². The van der Waals surface area contributed by atoms with E-state index < -0.39 is 0 Å². The largest absolute Gasteiger partial charge is 0.497 e. The highest BCUT2D eigenvalue weighted by molar-refractivity contribution is 7.99. The molecule has 2 aliphatic heterocycles. The van der Waals surface area contributed by atoms with Crippen molar-refractivity contribution in [1.29, 1.82) is 0 Å². The first kappa shape index (κ1) is 15.3. The average Bonchev–Trinajstić information content (AvgIpc) is 2.50. The van der Waals surface area contributed by atoms with E-state index in [1.165, 1.54) is 24.3 Å². The molecule has 3 rings (SSSR count). The van der Waals surface area contributed by atoms with Crippen molar-refractivity contribution in [2.45, 2.75) is 37.3 Å². The van der Waals surface area contributed by atoms with Crippen LogP contribution < -0.4 is 10.1 Å². The molecular formula is C16H22ClNO2S. The molecule has 2 fully saturated rings. The van der Waals surface area contributed by atoms with Gasteiger partial charge in [-0.1, -0.05) is 11.6 Å². The second-order valence-electron chi connectivity index (χ2n) is 5.82. The van der Waals surface area contributed by atoms with Gasteiger partial charge in [0.2, 0.25) is 0 Å². The molecule has 1 N–H and O–H groups in total. The molecule has 0 amide bonds. The van der Waals surface area contributed by atoms with Gasteiger partial charge in [-0.2, -0.15) is 11.8 Å². The number of ether oxygens (including phenoxy) is 2. The quantitative estimate of drug-likeness (QED) is 0.901. The molecule has 2 heterocycles. The van der Waals surface area contributed by atoms with E-state index in [0.717, 1.165) is 35.9 Å². The highest BCUT2D eigenvalue weighted by Crippen LogP contribution is 2.39. The first-order valence-corrected chi connectivity index (χ1v) is 9.06. The molecule has 1 aromatic rings. The minimum absolute atomic E-state index is 0.0898. The van der Waals surface area contributed by atoms with Crippen LogP contribution in [0.3, 0.4) is 0 Å². The van der Waals surface area contributed by atoms with E-state index in [9.17, 15) is 0 Å².